The number of amides is 2. The summed E-state index contributed by atoms with van der Waals surface area (Å²) in [5.74, 6) is -0.989. The maximum Gasteiger partial charge on any atom is 0.272 e. The number of aromatic nitrogens is 3. The van der Waals surface area contributed by atoms with Crippen molar-refractivity contribution in [1.29, 1.82) is 0 Å². The Kier molecular flexibility index (Phi) is 9.64. The molecule has 38 heavy (non-hydrogen) atoms. The molecule has 5 heterocycles. The molecule has 1 atom stereocenters. The Bertz CT molecular complexity index is 1060. The van der Waals surface area contributed by atoms with Gasteiger partial charge in [-0.25, -0.2) is 9.37 Å². The molecule has 4 fully saturated rings. The van der Waals surface area contributed by atoms with Gasteiger partial charge in [0.05, 0.1) is 32.2 Å². The van der Waals surface area contributed by atoms with Crippen molar-refractivity contribution >= 4 is 11.8 Å². The molecule has 1 saturated carbocycles. The third-order valence-electron chi connectivity index (χ3n) is 7.17. The number of nitrogens with zero attached hydrogens (tertiary/aromatic N) is 3. The van der Waals surface area contributed by atoms with E-state index in [0.717, 1.165) is 58.6 Å². The number of nitrogens with two attached hydrogens (primary N) is 1. The second-order valence-electron chi connectivity index (χ2n) is 9.83. The van der Waals surface area contributed by atoms with E-state index in [1.807, 2.05) is 0 Å². The maximum absolute atomic E-state index is 14.1. The number of H-pyrrole nitrogens is 1. The van der Waals surface area contributed by atoms with Gasteiger partial charge >= 0.3 is 0 Å². The molecule has 1 spiro atoms. The van der Waals surface area contributed by atoms with E-state index in [1.54, 1.807) is 4.90 Å². The van der Waals surface area contributed by atoms with Crippen molar-refractivity contribution in [2.24, 2.45) is 11.7 Å². The van der Waals surface area contributed by atoms with Crippen molar-refractivity contribution in [1.82, 2.24) is 25.4 Å². The molecule has 3 aliphatic heterocycles. The van der Waals surface area contributed by atoms with E-state index in [2.05, 4.69) is 20.5 Å². The average molecular weight is 533 g/mol. The normalized spacial score (nSPS) is 21.5. The van der Waals surface area contributed by atoms with Crippen LogP contribution >= 0.6 is 0 Å². The number of nitrogens with one attached hydrogen (secondary N) is 2. The molecule has 2 aromatic rings. The number of primary amides is 1. The number of carbonyl (C=O) groups excluding carboxylic acids is 2. The number of hydrogen-bond donors (Lipinski definition) is 3. The molecule has 208 valence electrons. The quantitative estimate of drug-likeness (QED) is 0.542. The fourth-order valence-electron chi connectivity index (χ4n) is 4.84. The monoisotopic (exact) mass is 532 g/mol. The van der Waals surface area contributed by atoms with Crippen molar-refractivity contribution in [3.05, 3.63) is 29.8 Å². The van der Waals surface area contributed by atoms with Crippen LogP contribution in [0.5, 0.6) is 5.88 Å². The van der Waals surface area contributed by atoms with Gasteiger partial charge in [0.25, 0.3) is 5.91 Å². The highest BCUT2D eigenvalue weighted by atomic mass is 19.1. The number of morpholine rings is 1. The Labute approximate surface area is 221 Å². The Morgan fingerprint density at radius 1 is 1.16 bits per heavy atom. The number of piperidine rings is 1. The highest BCUT2D eigenvalue weighted by Crippen LogP contribution is 2.50. The molecule has 0 bridgehead atoms. The first-order valence-electron chi connectivity index (χ1n) is 13.2. The van der Waals surface area contributed by atoms with Crippen LogP contribution in [0, 0.1) is 11.7 Å². The summed E-state index contributed by atoms with van der Waals surface area (Å²) in [6.45, 7) is 6.30. The van der Waals surface area contributed by atoms with Crippen molar-refractivity contribution in [3.8, 4) is 17.1 Å². The average Bonchev–Trinajstić information content (AvgIpc) is 3.36. The first-order chi connectivity index (χ1) is 18.4. The van der Waals surface area contributed by atoms with Crippen LogP contribution < -0.4 is 15.8 Å². The third-order valence-corrected chi connectivity index (χ3v) is 7.17. The summed E-state index contributed by atoms with van der Waals surface area (Å²) in [5.41, 5.74) is 5.94. The molecule has 1 aliphatic carbocycles. The lowest BCUT2D eigenvalue weighted by Crippen LogP contribution is -2.50. The fraction of sp³-hybridized carbons (Fsp3) is 0.615. The van der Waals surface area contributed by atoms with Gasteiger partial charge in [-0.2, -0.15) is 5.10 Å². The van der Waals surface area contributed by atoms with Crippen LogP contribution in [0.3, 0.4) is 0 Å². The van der Waals surface area contributed by atoms with Crippen molar-refractivity contribution in [3.63, 3.8) is 0 Å². The highest BCUT2D eigenvalue weighted by molar-refractivity contribution is 5.94. The SMILES string of the molecule is C1CCOC1.C1COCCN1.COc1cc(-c2cc(C(=O)N3CCC(C(N)=O)CC34CC4)[nH]n2)c(F)cn1. The standard InChI is InChI=1S/C18H20FN5O3.C4H9NO.C4H8O/c1-27-15-6-11(12(19)9-21-15)13-7-14(23-22-13)17(26)24-5-2-10(16(20)25)8-18(24)3-4-18;1-3-6-4-2-5-1;1-2-4-5-3-1/h6-7,9-10H,2-5,8H2,1H3,(H2,20,25)(H,22,23);5H,1-4H2;1-4H2. The minimum absolute atomic E-state index is 0.188. The number of hydrogen-bond acceptors (Lipinski definition) is 8. The zero-order chi connectivity index (χ0) is 27.0. The number of likely N-dealkylation sites (tertiary alicyclic amines) is 1. The maximum atomic E-state index is 14.1. The Morgan fingerprint density at radius 3 is 2.39 bits per heavy atom. The Hall–Kier alpha value is -3.09. The number of methoxy groups -OCH3 is 1. The minimum Gasteiger partial charge on any atom is -0.481 e. The summed E-state index contributed by atoms with van der Waals surface area (Å²) in [5, 5.41) is 9.94. The second-order valence-corrected chi connectivity index (χ2v) is 9.83. The zero-order valence-electron chi connectivity index (χ0n) is 21.8. The number of aromatic amines is 1. The summed E-state index contributed by atoms with van der Waals surface area (Å²) in [6.07, 6.45) is 6.49. The van der Waals surface area contributed by atoms with Gasteiger partial charge in [-0.3, -0.25) is 14.7 Å². The summed E-state index contributed by atoms with van der Waals surface area (Å²) < 4.78 is 29.1. The molecule has 1 unspecified atom stereocenters. The first-order valence-corrected chi connectivity index (χ1v) is 13.2. The number of ether oxygens (including phenoxy) is 3. The van der Waals surface area contributed by atoms with Gasteiger partial charge in [0.15, 0.2) is 5.82 Å². The van der Waals surface area contributed by atoms with Gasteiger partial charge in [-0.05, 0) is 44.6 Å². The molecular formula is C26H37FN6O5. The highest BCUT2D eigenvalue weighted by Gasteiger charge is 2.54. The molecule has 6 rings (SSSR count). The Morgan fingerprint density at radius 2 is 1.87 bits per heavy atom. The smallest absolute Gasteiger partial charge is 0.272 e. The van der Waals surface area contributed by atoms with E-state index >= 15 is 0 Å². The number of rotatable bonds is 4. The lowest BCUT2D eigenvalue weighted by atomic mass is 9.88. The first kappa shape index (κ1) is 27.9. The van der Waals surface area contributed by atoms with Crippen LogP contribution in [0.25, 0.3) is 11.3 Å². The Balaban J connectivity index is 0.000000251. The van der Waals surface area contributed by atoms with Gasteiger partial charge in [0.2, 0.25) is 11.8 Å². The summed E-state index contributed by atoms with van der Waals surface area (Å²) in [7, 11) is 1.44. The predicted molar refractivity (Wildman–Crippen MR) is 137 cm³/mol. The van der Waals surface area contributed by atoms with Gasteiger partial charge in [-0.1, -0.05) is 0 Å². The lowest BCUT2D eigenvalue weighted by molar-refractivity contribution is -0.124. The molecule has 2 amide bonds. The van der Waals surface area contributed by atoms with Crippen molar-refractivity contribution in [2.45, 2.75) is 44.1 Å². The molecular weight excluding hydrogens is 495 g/mol. The topological polar surface area (TPSA) is 145 Å². The van der Waals surface area contributed by atoms with E-state index < -0.39 is 5.82 Å². The van der Waals surface area contributed by atoms with Crippen molar-refractivity contribution < 1.29 is 28.2 Å². The van der Waals surface area contributed by atoms with Crippen LogP contribution in [0.15, 0.2) is 18.3 Å². The van der Waals surface area contributed by atoms with Gasteiger partial charge in [0.1, 0.15) is 5.69 Å². The van der Waals surface area contributed by atoms with Crippen LogP contribution in [-0.4, -0.2) is 90.6 Å². The largest absolute Gasteiger partial charge is 0.481 e. The summed E-state index contributed by atoms with van der Waals surface area (Å²) >= 11 is 0. The summed E-state index contributed by atoms with van der Waals surface area (Å²) in [6, 6.07) is 2.96. The third kappa shape index (κ3) is 7.06. The van der Waals surface area contributed by atoms with Crippen LogP contribution in [-0.2, 0) is 14.3 Å². The van der Waals surface area contributed by atoms with E-state index in [9.17, 15) is 14.0 Å². The molecule has 4 N–H and O–H groups in total. The van der Waals surface area contributed by atoms with E-state index in [4.69, 9.17) is 19.9 Å². The van der Waals surface area contributed by atoms with Crippen LogP contribution in [0.2, 0.25) is 0 Å². The minimum atomic E-state index is -0.553. The van der Waals surface area contributed by atoms with Gasteiger partial charge < -0.3 is 30.2 Å². The molecule has 11 nitrogen and oxygen atoms in total. The van der Waals surface area contributed by atoms with Gasteiger partial charge in [0, 0.05) is 55.9 Å². The zero-order valence-corrected chi connectivity index (χ0v) is 21.8. The molecule has 2 aromatic heterocycles. The van der Waals surface area contributed by atoms with Crippen LogP contribution in [0.1, 0.15) is 49.0 Å². The molecule has 4 aliphatic rings. The van der Waals surface area contributed by atoms with Crippen LogP contribution in [0.4, 0.5) is 4.39 Å². The molecule has 3 saturated heterocycles. The van der Waals surface area contributed by atoms with E-state index in [0.29, 0.717) is 25.1 Å². The van der Waals surface area contributed by atoms with Crippen molar-refractivity contribution in [2.75, 3.05) is 53.2 Å². The van der Waals surface area contributed by atoms with E-state index in [-0.39, 0.29) is 40.4 Å². The number of carbonyl (C=O) groups is 2. The van der Waals surface area contributed by atoms with Gasteiger partial charge in [-0.15, -0.1) is 0 Å². The molecule has 12 heteroatoms. The number of pyridine rings is 1. The molecule has 0 radical (unpaired) electrons. The molecule has 0 aromatic carbocycles. The fourth-order valence-corrected chi connectivity index (χ4v) is 4.84. The second kappa shape index (κ2) is 13.1. The van der Waals surface area contributed by atoms with E-state index in [1.165, 1.54) is 32.1 Å². The summed E-state index contributed by atoms with van der Waals surface area (Å²) in [4.78, 5) is 30.1. The lowest BCUT2D eigenvalue weighted by Gasteiger charge is -2.39. The number of halogens is 1. The predicted octanol–water partition coefficient (Wildman–Crippen LogP) is 1.89.